The number of amides is 2. The number of nitrogens with two attached hydrogens (primary N) is 1. The summed E-state index contributed by atoms with van der Waals surface area (Å²) in [6, 6.07) is 0. The Kier molecular flexibility index (Phi) is 12.4. The largest absolute Gasteiger partial charge is 0.492 e. The maximum absolute atomic E-state index is 13.4. The van der Waals surface area contributed by atoms with E-state index in [9.17, 15) is 29.4 Å². The fourth-order valence-electron chi connectivity index (χ4n) is 5.15. The Labute approximate surface area is 240 Å². The number of ketones is 2. The summed E-state index contributed by atoms with van der Waals surface area (Å²) in [4.78, 5) is 50.8. The number of carbonyl (C=O) groups excluding carboxylic acids is 4. The van der Waals surface area contributed by atoms with Crippen LogP contribution in [-0.2, 0) is 33.3 Å². The fraction of sp³-hybridized carbons (Fsp3) is 0.586. The summed E-state index contributed by atoms with van der Waals surface area (Å²) in [5.41, 5.74) is 5.79. The summed E-state index contributed by atoms with van der Waals surface area (Å²) in [6.45, 7) is 6.73. The molecule has 12 nitrogen and oxygen atoms in total. The molecular formula is C29H42N2O10. The number of rotatable bonds is 4. The van der Waals surface area contributed by atoms with Gasteiger partial charge < -0.3 is 40.2 Å². The second-order valence-electron chi connectivity index (χ2n) is 10.6. The van der Waals surface area contributed by atoms with E-state index in [1.54, 1.807) is 19.9 Å². The molecule has 2 rings (SSSR count). The lowest BCUT2D eigenvalue weighted by atomic mass is 9.85. The molecule has 0 unspecified atom stereocenters. The Hall–Kier alpha value is -3.32. The molecule has 1 aliphatic heterocycles. The first-order valence-corrected chi connectivity index (χ1v) is 13.4. The van der Waals surface area contributed by atoms with Gasteiger partial charge in [-0.05, 0) is 44.3 Å². The summed E-state index contributed by atoms with van der Waals surface area (Å²) in [5, 5.41) is 24.4. The Bertz CT molecular complexity index is 1140. The monoisotopic (exact) mass is 578 g/mol. The number of fused-ring (bicyclic) bond motifs is 2. The lowest BCUT2D eigenvalue weighted by molar-refractivity contribution is -0.121. The van der Waals surface area contributed by atoms with Gasteiger partial charge in [0.15, 0.2) is 11.9 Å². The van der Waals surface area contributed by atoms with Gasteiger partial charge in [0.05, 0.1) is 31.1 Å². The summed E-state index contributed by atoms with van der Waals surface area (Å²) >= 11 is 0. The van der Waals surface area contributed by atoms with Crippen LogP contribution < -0.4 is 11.1 Å². The quantitative estimate of drug-likeness (QED) is 0.282. The topological polar surface area (TPSA) is 184 Å². The molecule has 7 atom stereocenters. The molecule has 228 valence electrons. The highest BCUT2D eigenvalue weighted by atomic mass is 16.6. The highest BCUT2D eigenvalue weighted by Crippen LogP contribution is 2.29. The van der Waals surface area contributed by atoms with Gasteiger partial charge in [0, 0.05) is 43.8 Å². The van der Waals surface area contributed by atoms with E-state index in [1.807, 2.05) is 6.92 Å². The smallest absolute Gasteiger partial charge is 0.405 e. The van der Waals surface area contributed by atoms with Crippen LogP contribution in [0.2, 0.25) is 0 Å². The zero-order valence-corrected chi connectivity index (χ0v) is 24.6. The van der Waals surface area contributed by atoms with Gasteiger partial charge in [-0.1, -0.05) is 19.9 Å². The SMILES string of the molecule is COC1=C2C[C@@H](C)C[C@H](OC)[C@H](O)[C@@H](C)C=C(C)[C@H](OC(N)=O)[C@@H](OC)C[C@H](O)C=C(C)C(=O)NC(=CC1=O)C2=O. The predicted octanol–water partition coefficient (Wildman–Crippen LogP) is 1.60. The fourth-order valence-corrected chi connectivity index (χ4v) is 5.15. The van der Waals surface area contributed by atoms with E-state index >= 15 is 0 Å². The first kappa shape index (κ1) is 33.9. The molecule has 0 saturated heterocycles. The molecule has 2 bridgehead atoms. The van der Waals surface area contributed by atoms with Crippen molar-refractivity contribution in [2.75, 3.05) is 21.3 Å². The summed E-state index contributed by atoms with van der Waals surface area (Å²) in [6.07, 6.45) is -1.49. The van der Waals surface area contributed by atoms with Crippen LogP contribution in [0.15, 0.2) is 46.4 Å². The van der Waals surface area contributed by atoms with E-state index in [0.29, 0.717) is 12.0 Å². The van der Waals surface area contributed by atoms with Gasteiger partial charge in [-0.3, -0.25) is 14.4 Å². The number of carbonyl (C=O) groups is 4. The number of allylic oxidation sites excluding steroid dienone is 2. The van der Waals surface area contributed by atoms with E-state index in [0.717, 1.165) is 6.08 Å². The normalized spacial score (nSPS) is 31.1. The first-order chi connectivity index (χ1) is 19.2. The van der Waals surface area contributed by atoms with E-state index < -0.39 is 60.0 Å². The number of nitrogens with one attached hydrogen (secondary N) is 1. The van der Waals surface area contributed by atoms with E-state index in [2.05, 4.69) is 5.32 Å². The highest BCUT2D eigenvalue weighted by Gasteiger charge is 2.34. The summed E-state index contributed by atoms with van der Waals surface area (Å²) in [5.74, 6) is -2.68. The van der Waals surface area contributed by atoms with Crippen molar-refractivity contribution in [2.24, 2.45) is 17.6 Å². The summed E-state index contributed by atoms with van der Waals surface area (Å²) in [7, 11) is 4.12. The average molecular weight is 579 g/mol. The maximum atomic E-state index is 13.4. The van der Waals surface area contributed by atoms with Crippen molar-refractivity contribution in [3.8, 4) is 0 Å². The third kappa shape index (κ3) is 8.83. The highest BCUT2D eigenvalue weighted by molar-refractivity contribution is 6.23. The molecule has 41 heavy (non-hydrogen) atoms. The number of Topliss-reactive ketones (excluding diaryl/α,β-unsaturated/α-hetero) is 1. The second-order valence-corrected chi connectivity index (χ2v) is 10.6. The molecule has 0 aromatic rings. The van der Waals surface area contributed by atoms with Crippen LogP contribution in [0.1, 0.15) is 47.0 Å². The zero-order valence-electron chi connectivity index (χ0n) is 24.6. The van der Waals surface area contributed by atoms with Crippen LogP contribution >= 0.6 is 0 Å². The van der Waals surface area contributed by atoms with Crippen molar-refractivity contribution in [3.05, 3.63) is 46.4 Å². The molecule has 2 aliphatic rings. The van der Waals surface area contributed by atoms with Crippen LogP contribution in [-0.4, -0.2) is 85.6 Å². The minimum atomic E-state index is -1.23. The standard InChI is InChI=1S/C29H42N2O10/c1-14-8-19-25(35)20(13-21(33)27(19)40-7)31-28(36)17(4)11-18(32)12-23(39-6)26(41-29(30)37)16(3)10-15(2)24(34)22(9-14)38-5/h10-11,13-15,18,22-24,26,32,34H,8-9,12H2,1-7H3,(H2,30,37)(H,31,36)/t14-,15+,18-,22+,23+,24-,26+/m1/s1. The maximum Gasteiger partial charge on any atom is 0.405 e. The third-order valence-corrected chi connectivity index (χ3v) is 7.29. The molecule has 1 aliphatic carbocycles. The number of ether oxygens (including phenoxy) is 4. The van der Waals surface area contributed by atoms with Crippen molar-refractivity contribution < 1.29 is 48.3 Å². The van der Waals surface area contributed by atoms with Gasteiger partial charge in [0.25, 0.3) is 5.91 Å². The van der Waals surface area contributed by atoms with Crippen LogP contribution in [0.5, 0.6) is 0 Å². The molecule has 5 N–H and O–H groups in total. The van der Waals surface area contributed by atoms with Crippen LogP contribution in [0, 0.1) is 11.8 Å². The minimum Gasteiger partial charge on any atom is -0.492 e. The average Bonchev–Trinajstić information content (AvgIpc) is 2.90. The predicted molar refractivity (Wildman–Crippen MR) is 148 cm³/mol. The van der Waals surface area contributed by atoms with Gasteiger partial charge >= 0.3 is 6.09 Å². The molecule has 0 fully saturated rings. The Morgan fingerprint density at radius 2 is 1.63 bits per heavy atom. The molecule has 12 heteroatoms. The Morgan fingerprint density at radius 1 is 1.00 bits per heavy atom. The molecule has 1 heterocycles. The van der Waals surface area contributed by atoms with Crippen LogP contribution in [0.3, 0.4) is 0 Å². The lowest BCUT2D eigenvalue weighted by Crippen LogP contribution is -2.39. The van der Waals surface area contributed by atoms with Gasteiger partial charge in [-0.2, -0.15) is 0 Å². The van der Waals surface area contributed by atoms with Gasteiger partial charge in [0.1, 0.15) is 6.10 Å². The van der Waals surface area contributed by atoms with Gasteiger partial charge in [-0.25, -0.2) is 4.79 Å². The molecule has 0 spiro atoms. The van der Waals surface area contributed by atoms with Crippen molar-refractivity contribution >= 4 is 23.6 Å². The number of aliphatic hydroxyl groups is 2. The van der Waals surface area contributed by atoms with Crippen molar-refractivity contribution in [1.29, 1.82) is 0 Å². The van der Waals surface area contributed by atoms with Gasteiger partial charge in [-0.15, -0.1) is 0 Å². The lowest BCUT2D eigenvalue weighted by Gasteiger charge is -2.30. The molecule has 0 aromatic carbocycles. The molecular weight excluding hydrogens is 536 g/mol. The molecule has 2 amide bonds. The zero-order chi connectivity index (χ0) is 31.0. The van der Waals surface area contributed by atoms with Crippen LogP contribution in [0.25, 0.3) is 0 Å². The third-order valence-electron chi connectivity index (χ3n) is 7.29. The number of aliphatic hydroxyl groups excluding tert-OH is 2. The van der Waals surface area contributed by atoms with E-state index in [-0.39, 0.29) is 41.4 Å². The van der Waals surface area contributed by atoms with Crippen molar-refractivity contribution in [2.45, 2.75) is 77.5 Å². The number of hydrogen-bond acceptors (Lipinski definition) is 10. The van der Waals surface area contributed by atoms with Crippen molar-refractivity contribution in [3.63, 3.8) is 0 Å². The number of hydrogen-bond donors (Lipinski definition) is 4. The molecule has 0 radical (unpaired) electrons. The van der Waals surface area contributed by atoms with Gasteiger partial charge in [0.2, 0.25) is 11.6 Å². The van der Waals surface area contributed by atoms with Crippen molar-refractivity contribution in [1.82, 2.24) is 5.32 Å². The Balaban J connectivity index is 2.60. The summed E-state index contributed by atoms with van der Waals surface area (Å²) < 4.78 is 21.7. The first-order valence-electron chi connectivity index (χ1n) is 13.4. The second kappa shape index (κ2) is 15.1. The van der Waals surface area contributed by atoms with E-state index in [4.69, 9.17) is 24.7 Å². The molecule has 0 aromatic heterocycles. The minimum absolute atomic E-state index is 0.0715. The molecule has 0 saturated carbocycles. The number of primary amides is 1. The van der Waals surface area contributed by atoms with Crippen LogP contribution in [0.4, 0.5) is 4.79 Å². The number of methoxy groups -OCH3 is 3. The van der Waals surface area contributed by atoms with E-state index in [1.165, 1.54) is 34.3 Å². The Morgan fingerprint density at radius 3 is 2.20 bits per heavy atom.